The largest absolute Gasteiger partial charge is 0.489 e. The number of aryl methyl sites for hydroxylation is 1. The normalized spacial score (nSPS) is 20.0. The third-order valence-electron chi connectivity index (χ3n) is 4.50. The predicted octanol–water partition coefficient (Wildman–Crippen LogP) is 4.64. The molecule has 2 aromatic heterocycles. The first kappa shape index (κ1) is 14.1. The SMILES string of the molecule is Cc1ccc(OC2CC(n3ccc(-c4ccccc4)c3)C2)cn1. The maximum atomic E-state index is 5.97. The zero-order valence-corrected chi connectivity index (χ0v) is 13.2. The highest BCUT2D eigenvalue weighted by molar-refractivity contribution is 5.62. The van der Waals surface area contributed by atoms with Gasteiger partial charge in [0.1, 0.15) is 11.9 Å². The van der Waals surface area contributed by atoms with Crippen molar-refractivity contribution in [1.29, 1.82) is 0 Å². The lowest BCUT2D eigenvalue weighted by molar-refractivity contribution is 0.0702. The molecule has 3 nitrogen and oxygen atoms in total. The van der Waals surface area contributed by atoms with E-state index in [-0.39, 0.29) is 0 Å². The van der Waals surface area contributed by atoms with Crippen LogP contribution in [0.15, 0.2) is 67.1 Å². The maximum absolute atomic E-state index is 5.97. The van der Waals surface area contributed by atoms with Gasteiger partial charge in [-0.05, 0) is 36.2 Å². The number of hydrogen-bond donors (Lipinski definition) is 0. The molecule has 1 aliphatic carbocycles. The van der Waals surface area contributed by atoms with Crippen molar-refractivity contribution >= 4 is 0 Å². The molecule has 0 atom stereocenters. The molecule has 0 radical (unpaired) electrons. The summed E-state index contributed by atoms with van der Waals surface area (Å²) < 4.78 is 8.29. The highest BCUT2D eigenvalue weighted by atomic mass is 16.5. The number of pyridine rings is 1. The smallest absolute Gasteiger partial charge is 0.138 e. The monoisotopic (exact) mass is 304 g/mol. The number of hydrogen-bond acceptors (Lipinski definition) is 2. The summed E-state index contributed by atoms with van der Waals surface area (Å²) >= 11 is 0. The Morgan fingerprint density at radius 2 is 1.83 bits per heavy atom. The summed E-state index contributed by atoms with van der Waals surface area (Å²) in [6.07, 6.45) is 8.63. The van der Waals surface area contributed by atoms with Crippen LogP contribution >= 0.6 is 0 Å². The van der Waals surface area contributed by atoms with Crippen LogP contribution in [0.4, 0.5) is 0 Å². The molecule has 1 saturated carbocycles. The van der Waals surface area contributed by atoms with Gasteiger partial charge in [0.25, 0.3) is 0 Å². The quantitative estimate of drug-likeness (QED) is 0.702. The van der Waals surface area contributed by atoms with E-state index in [0.717, 1.165) is 24.3 Å². The Labute approximate surface area is 136 Å². The van der Waals surface area contributed by atoms with Crippen LogP contribution in [-0.2, 0) is 0 Å². The fourth-order valence-electron chi connectivity index (χ4n) is 3.04. The van der Waals surface area contributed by atoms with E-state index < -0.39 is 0 Å². The molecule has 1 fully saturated rings. The Morgan fingerprint density at radius 3 is 2.57 bits per heavy atom. The average molecular weight is 304 g/mol. The fraction of sp³-hybridized carbons (Fsp3) is 0.250. The van der Waals surface area contributed by atoms with E-state index in [1.54, 1.807) is 0 Å². The van der Waals surface area contributed by atoms with Gasteiger partial charge in [0.2, 0.25) is 0 Å². The average Bonchev–Trinajstić information content (AvgIpc) is 3.02. The lowest BCUT2D eigenvalue weighted by atomic mass is 9.89. The molecule has 0 bridgehead atoms. The van der Waals surface area contributed by atoms with Crippen molar-refractivity contribution in [2.75, 3.05) is 0 Å². The van der Waals surface area contributed by atoms with E-state index in [0.29, 0.717) is 12.1 Å². The Bertz CT molecular complexity index is 771. The van der Waals surface area contributed by atoms with E-state index in [1.165, 1.54) is 11.1 Å². The summed E-state index contributed by atoms with van der Waals surface area (Å²) in [7, 11) is 0. The molecule has 0 unspecified atom stereocenters. The molecule has 1 aromatic carbocycles. The predicted molar refractivity (Wildman–Crippen MR) is 91.5 cm³/mol. The van der Waals surface area contributed by atoms with Crippen LogP contribution in [0, 0.1) is 6.92 Å². The second kappa shape index (κ2) is 5.92. The second-order valence-corrected chi connectivity index (χ2v) is 6.21. The molecule has 0 N–H and O–H groups in total. The van der Waals surface area contributed by atoms with Crippen LogP contribution in [0.5, 0.6) is 5.75 Å². The molecule has 0 aliphatic heterocycles. The number of ether oxygens (including phenoxy) is 1. The summed E-state index contributed by atoms with van der Waals surface area (Å²) in [6.45, 7) is 1.99. The van der Waals surface area contributed by atoms with E-state index in [9.17, 15) is 0 Å². The number of nitrogens with zero attached hydrogens (tertiary/aromatic N) is 2. The van der Waals surface area contributed by atoms with E-state index in [4.69, 9.17) is 4.74 Å². The molecule has 0 saturated heterocycles. The van der Waals surface area contributed by atoms with E-state index in [1.807, 2.05) is 31.3 Å². The summed E-state index contributed by atoms with van der Waals surface area (Å²) in [4.78, 5) is 4.27. The van der Waals surface area contributed by atoms with Crippen molar-refractivity contribution in [1.82, 2.24) is 9.55 Å². The molecule has 4 rings (SSSR count). The van der Waals surface area contributed by atoms with Gasteiger partial charge in [-0.3, -0.25) is 4.98 Å². The van der Waals surface area contributed by atoms with Crippen molar-refractivity contribution in [2.45, 2.75) is 31.9 Å². The summed E-state index contributed by atoms with van der Waals surface area (Å²) in [5, 5.41) is 0. The van der Waals surface area contributed by atoms with Gasteiger partial charge in [-0.2, -0.15) is 0 Å². The molecular weight excluding hydrogens is 284 g/mol. The Kier molecular flexibility index (Phi) is 3.62. The van der Waals surface area contributed by atoms with Gasteiger partial charge in [-0.1, -0.05) is 30.3 Å². The first-order valence-corrected chi connectivity index (χ1v) is 8.10. The maximum Gasteiger partial charge on any atom is 0.138 e. The van der Waals surface area contributed by atoms with Crippen molar-refractivity contribution in [2.24, 2.45) is 0 Å². The van der Waals surface area contributed by atoms with E-state index in [2.05, 4.69) is 52.3 Å². The Hall–Kier alpha value is -2.55. The first-order valence-electron chi connectivity index (χ1n) is 8.10. The summed E-state index contributed by atoms with van der Waals surface area (Å²) in [6, 6.07) is 17.2. The highest BCUT2D eigenvalue weighted by Crippen LogP contribution is 2.36. The van der Waals surface area contributed by atoms with Crippen molar-refractivity contribution in [3.63, 3.8) is 0 Å². The van der Waals surface area contributed by atoms with Crippen molar-refractivity contribution in [3.05, 3.63) is 72.8 Å². The van der Waals surface area contributed by atoms with Gasteiger partial charge in [-0.15, -0.1) is 0 Å². The molecule has 0 amide bonds. The highest BCUT2D eigenvalue weighted by Gasteiger charge is 2.32. The molecule has 3 aromatic rings. The topological polar surface area (TPSA) is 27.1 Å². The van der Waals surface area contributed by atoms with Gasteiger partial charge in [0.15, 0.2) is 0 Å². The zero-order chi connectivity index (χ0) is 15.6. The van der Waals surface area contributed by atoms with Crippen LogP contribution in [0.1, 0.15) is 24.6 Å². The van der Waals surface area contributed by atoms with E-state index >= 15 is 0 Å². The molecule has 2 heterocycles. The Balaban J connectivity index is 1.37. The lowest BCUT2D eigenvalue weighted by Crippen LogP contribution is -2.35. The third kappa shape index (κ3) is 3.00. The van der Waals surface area contributed by atoms with Crippen LogP contribution in [0.2, 0.25) is 0 Å². The molecule has 1 aliphatic rings. The number of benzene rings is 1. The van der Waals surface area contributed by atoms with Gasteiger partial charge in [-0.25, -0.2) is 0 Å². The zero-order valence-electron chi connectivity index (χ0n) is 13.2. The first-order chi connectivity index (χ1) is 11.3. The summed E-state index contributed by atoms with van der Waals surface area (Å²) in [5.41, 5.74) is 3.56. The minimum Gasteiger partial charge on any atom is -0.489 e. The summed E-state index contributed by atoms with van der Waals surface area (Å²) in [5.74, 6) is 0.872. The standard InChI is InChI=1S/C20H20N2O/c1-15-7-8-19(13-21-15)23-20-11-18(12-20)22-10-9-17(14-22)16-5-3-2-4-6-16/h2-10,13-14,18,20H,11-12H2,1H3. The van der Waals surface area contributed by atoms with Gasteiger partial charge >= 0.3 is 0 Å². The van der Waals surface area contributed by atoms with Gasteiger partial charge < -0.3 is 9.30 Å². The number of aromatic nitrogens is 2. The number of rotatable bonds is 4. The Morgan fingerprint density at radius 1 is 1.00 bits per heavy atom. The van der Waals surface area contributed by atoms with Crippen LogP contribution in [-0.4, -0.2) is 15.7 Å². The van der Waals surface area contributed by atoms with Crippen LogP contribution in [0.3, 0.4) is 0 Å². The van der Waals surface area contributed by atoms with Crippen molar-refractivity contribution in [3.8, 4) is 16.9 Å². The van der Waals surface area contributed by atoms with Gasteiger partial charge in [0, 0.05) is 37.0 Å². The molecule has 23 heavy (non-hydrogen) atoms. The van der Waals surface area contributed by atoms with Crippen LogP contribution < -0.4 is 4.74 Å². The van der Waals surface area contributed by atoms with Crippen molar-refractivity contribution < 1.29 is 4.74 Å². The lowest BCUT2D eigenvalue weighted by Gasteiger charge is -2.36. The molecule has 3 heteroatoms. The fourth-order valence-corrected chi connectivity index (χ4v) is 3.04. The molecule has 116 valence electrons. The minimum atomic E-state index is 0.298. The molecule has 0 spiro atoms. The minimum absolute atomic E-state index is 0.298. The third-order valence-corrected chi connectivity index (χ3v) is 4.50. The van der Waals surface area contributed by atoms with Gasteiger partial charge in [0.05, 0.1) is 6.20 Å². The molecular formula is C20H20N2O. The second-order valence-electron chi connectivity index (χ2n) is 6.21. The van der Waals surface area contributed by atoms with Crippen LogP contribution in [0.25, 0.3) is 11.1 Å².